The van der Waals surface area contributed by atoms with Crippen molar-refractivity contribution in [2.75, 3.05) is 25.0 Å². The van der Waals surface area contributed by atoms with E-state index in [0.29, 0.717) is 6.04 Å². The lowest BCUT2D eigenvalue weighted by Gasteiger charge is -2.24. The number of hydrogen-bond donors (Lipinski definition) is 1. The normalized spacial score (nSPS) is 23.9. The van der Waals surface area contributed by atoms with Gasteiger partial charge in [-0.1, -0.05) is 19.1 Å². The Morgan fingerprint density at radius 2 is 2.00 bits per heavy atom. The van der Waals surface area contributed by atoms with Gasteiger partial charge in [0.1, 0.15) is 0 Å². The van der Waals surface area contributed by atoms with Gasteiger partial charge in [0.2, 0.25) is 0 Å². The van der Waals surface area contributed by atoms with Crippen molar-refractivity contribution < 1.29 is 0 Å². The molecule has 2 heteroatoms. The zero-order valence-electron chi connectivity index (χ0n) is 12.8. The van der Waals surface area contributed by atoms with Crippen molar-refractivity contribution in [3.63, 3.8) is 0 Å². The van der Waals surface area contributed by atoms with Crippen LogP contribution in [-0.2, 0) is 12.8 Å². The van der Waals surface area contributed by atoms with Crippen LogP contribution >= 0.6 is 0 Å². The van der Waals surface area contributed by atoms with Crippen LogP contribution in [0.25, 0.3) is 0 Å². The van der Waals surface area contributed by atoms with Gasteiger partial charge in [0, 0.05) is 18.3 Å². The Bertz CT molecular complexity index is 441. The van der Waals surface area contributed by atoms with E-state index in [4.69, 9.17) is 0 Å². The smallest absolute Gasteiger partial charge is 0.0377 e. The van der Waals surface area contributed by atoms with Crippen LogP contribution in [0.3, 0.4) is 0 Å². The number of fused-ring (bicyclic) bond motifs is 1. The average molecular weight is 272 g/mol. The molecule has 0 amide bonds. The van der Waals surface area contributed by atoms with Gasteiger partial charge in [-0.15, -0.1) is 0 Å². The van der Waals surface area contributed by atoms with Gasteiger partial charge in [-0.3, -0.25) is 0 Å². The molecule has 3 rings (SSSR count). The van der Waals surface area contributed by atoms with Crippen LogP contribution in [-0.4, -0.2) is 30.6 Å². The molecule has 2 aliphatic rings. The summed E-state index contributed by atoms with van der Waals surface area (Å²) in [6, 6.07) is 7.53. The van der Waals surface area contributed by atoms with Crippen LogP contribution in [0.2, 0.25) is 0 Å². The fraction of sp³-hybridized carbons (Fsp3) is 0.667. The van der Waals surface area contributed by atoms with Crippen molar-refractivity contribution in [3.8, 4) is 0 Å². The Morgan fingerprint density at radius 1 is 1.10 bits per heavy atom. The van der Waals surface area contributed by atoms with E-state index in [-0.39, 0.29) is 0 Å². The fourth-order valence-corrected chi connectivity index (χ4v) is 3.75. The molecule has 0 radical (unpaired) electrons. The molecule has 1 N–H and O–H groups in total. The van der Waals surface area contributed by atoms with Gasteiger partial charge < -0.3 is 10.2 Å². The number of likely N-dealkylation sites (tertiary alicyclic amines) is 1. The molecule has 1 aromatic carbocycles. The number of rotatable bonds is 3. The van der Waals surface area contributed by atoms with E-state index >= 15 is 0 Å². The molecule has 0 bridgehead atoms. The molecule has 1 saturated heterocycles. The third kappa shape index (κ3) is 3.17. The van der Waals surface area contributed by atoms with Crippen LogP contribution in [0.15, 0.2) is 18.2 Å². The molecule has 0 saturated carbocycles. The van der Waals surface area contributed by atoms with Crippen molar-refractivity contribution in [2.45, 2.75) is 57.9 Å². The summed E-state index contributed by atoms with van der Waals surface area (Å²) in [5.74, 6) is 0. The second-order valence-electron chi connectivity index (χ2n) is 6.36. The first kappa shape index (κ1) is 13.9. The molecule has 1 fully saturated rings. The average Bonchev–Trinajstić information content (AvgIpc) is 2.73. The van der Waals surface area contributed by atoms with Crippen molar-refractivity contribution >= 4 is 5.69 Å². The number of aryl methyl sites for hydroxylation is 1. The Morgan fingerprint density at radius 3 is 2.90 bits per heavy atom. The molecular weight excluding hydrogens is 244 g/mol. The molecular formula is C18H28N2. The Kier molecular flexibility index (Phi) is 4.62. The molecule has 1 atom stereocenters. The van der Waals surface area contributed by atoms with Gasteiger partial charge in [-0.05, 0) is 75.2 Å². The van der Waals surface area contributed by atoms with E-state index in [2.05, 4.69) is 35.3 Å². The minimum atomic E-state index is 0.667. The maximum absolute atomic E-state index is 3.87. The van der Waals surface area contributed by atoms with Crippen molar-refractivity contribution in [3.05, 3.63) is 29.3 Å². The van der Waals surface area contributed by atoms with Crippen LogP contribution in [0.1, 0.15) is 50.2 Å². The van der Waals surface area contributed by atoms with Gasteiger partial charge in [0.25, 0.3) is 0 Å². The SMILES string of the molecule is CCN1CCCC(Nc2cccc3c2CCCC3)CC1. The fourth-order valence-electron chi connectivity index (χ4n) is 3.75. The summed E-state index contributed by atoms with van der Waals surface area (Å²) in [5.41, 5.74) is 4.62. The van der Waals surface area contributed by atoms with Gasteiger partial charge >= 0.3 is 0 Å². The Balaban J connectivity index is 1.68. The lowest BCUT2D eigenvalue weighted by atomic mass is 9.90. The summed E-state index contributed by atoms with van der Waals surface area (Å²) >= 11 is 0. The zero-order valence-corrected chi connectivity index (χ0v) is 12.8. The summed E-state index contributed by atoms with van der Waals surface area (Å²) in [6.45, 7) is 6.01. The zero-order chi connectivity index (χ0) is 13.8. The number of nitrogens with one attached hydrogen (secondary N) is 1. The predicted octanol–water partition coefficient (Wildman–Crippen LogP) is 3.85. The summed E-state index contributed by atoms with van der Waals surface area (Å²) in [5, 5.41) is 3.87. The van der Waals surface area contributed by atoms with Crippen LogP contribution in [0.5, 0.6) is 0 Å². The molecule has 1 aliphatic heterocycles. The Labute approximate surface area is 123 Å². The molecule has 1 heterocycles. The molecule has 1 unspecified atom stereocenters. The summed E-state index contributed by atoms with van der Waals surface area (Å²) in [4.78, 5) is 2.59. The summed E-state index contributed by atoms with van der Waals surface area (Å²) < 4.78 is 0. The number of hydrogen-bond acceptors (Lipinski definition) is 2. The third-order valence-electron chi connectivity index (χ3n) is 5.02. The quantitative estimate of drug-likeness (QED) is 0.899. The van der Waals surface area contributed by atoms with Gasteiger partial charge in [-0.25, -0.2) is 0 Å². The maximum Gasteiger partial charge on any atom is 0.0377 e. The van der Waals surface area contributed by atoms with E-state index in [1.807, 2.05) is 0 Å². The minimum Gasteiger partial charge on any atom is -0.382 e. The highest BCUT2D eigenvalue weighted by Gasteiger charge is 2.18. The molecule has 1 aromatic rings. The predicted molar refractivity (Wildman–Crippen MR) is 86.5 cm³/mol. The van der Waals surface area contributed by atoms with Crippen molar-refractivity contribution in [2.24, 2.45) is 0 Å². The van der Waals surface area contributed by atoms with Gasteiger partial charge in [0.05, 0.1) is 0 Å². The van der Waals surface area contributed by atoms with Gasteiger partial charge in [0.15, 0.2) is 0 Å². The first-order chi connectivity index (χ1) is 9.86. The maximum atomic E-state index is 3.87. The highest BCUT2D eigenvalue weighted by molar-refractivity contribution is 5.56. The summed E-state index contributed by atoms with van der Waals surface area (Å²) in [7, 11) is 0. The minimum absolute atomic E-state index is 0.667. The Hall–Kier alpha value is -1.02. The van der Waals surface area contributed by atoms with E-state index in [1.165, 1.54) is 70.3 Å². The van der Waals surface area contributed by atoms with Crippen LogP contribution < -0.4 is 5.32 Å². The standard InChI is InChI=1S/C18H28N2/c1-2-20-13-6-9-16(12-14-20)19-18-11-5-8-15-7-3-4-10-17(15)18/h5,8,11,16,19H,2-4,6-7,9-10,12-14H2,1H3. The monoisotopic (exact) mass is 272 g/mol. The third-order valence-corrected chi connectivity index (χ3v) is 5.02. The van der Waals surface area contributed by atoms with Crippen LogP contribution in [0.4, 0.5) is 5.69 Å². The van der Waals surface area contributed by atoms with Crippen LogP contribution in [0, 0.1) is 0 Å². The van der Waals surface area contributed by atoms with E-state index in [0.717, 1.165) is 0 Å². The van der Waals surface area contributed by atoms with E-state index in [1.54, 1.807) is 11.1 Å². The lowest BCUT2D eigenvalue weighted by Crippen LogP contribution is -2.26. The topological polar surface area (TPSA) is 15.3 Å². The highest BCUT2D eigenvalue weighted by Crippen LogP contribution is 2.29. The molecule has 0 spiro atoms. The second kappa shape index (κ2) is 6.62. The molecule has 1 aliphatic carbocycles. The number of anilines is 1. The van der Waals surface area contributed by atoms with Gasteiger partial charge in [-0.2, -0.15) is 0 Å². The first-order valence-electron chi connectivity index (χ1n) is 8.46. The molecule has 110 valence electrons. The van der Waals surface area contributed by atoms with Crippen molar-refractivity contribution in [1.82, 2.24) is 4.90 Å². The molecule has 20 heavy (non-hydrogen) atoms. The molecule has 0 aromatic heterocycles. The number of benzene rings is 1. The highest BCUT2D eigenvalue weighted by atomic mass is 15.1. The van der Waals surface area contributed by atoms with E-state index in [9.17, 15) is 0 Å². The second-order valence-corrected chi connectivity index (χ2v) is 6.36. The first-order valence-corrected chi connectivity index (χ1v) is 8.46. The number of nitrogens with zero attached hydrogens (tertiary/aromatic N) is 1. The molecule has 2 nitrogen and oxygen atoms in total. The summed E-state index contributed by atoms with van der Waals surface area (Å²) in [6.07, 6.45) is 9.22. The van der Waals surface area contributed by atoms with Crippen molar-refractivity contribution in [1.29, 1.82) is 0 Å². The van der Waals surface area contributed by atoms with E-state index < -0.39 is 0 Å². The largest absolute Gasteiger partial charge is 0.382 e. The lowest BCUT2D eigenvalue weighted by molar-refractivity contribution is 0.300.